The molecule has 0 atom stereocenters. The number of pyridine rings is 1. The van der Waals surface area contributed by atoms with E-state index >= 15 is 0 Å². The number of carbonyl (C=O) groups is 1. The summed E-state index contributed by atoms with van der Waals surface area (Å²) >= 11 is 0. The molecule has 0 radical (unpaired) electrons. The van der Waals surface area contributed by atoms with Crippen LogP contribution in [-0.2, 0) is 0 Å². The molecule has 0 spiro atoms. The Morgan fingerprint density at radius 1 is 1.22 bits per heavy atom. The molecular formula is C19H24N2O2. The number of fused-ring (bicyclic) bond motifs is 1. The predicted octanol–water partition coefficient (Wildman–Crippen LogP) is 3.22. The summed E-state index contributed by atoms with van der Waals surface area (Å²) in [5.41, 5.74) is 2.38. The van der Waals surface area contributed by atoms with Crippen LogP contribution in [0.4, 0.5) is 0 Å². The van der Waals surface area contributed by atoms with Crippen LogP contribution in [0.15, 0.2) is 30.3 Å². The number of aryl methyl sites for hydroxylation is 1. The average Bonchev–Trinajstić information content (AvgIpc) is 2.60. The summed E-state index contributed by atoms with van der Waals surface area (Å²) in [6.45, 7) is 2.65. The molecule has 0 unspecified atom stereocenters. The van der Waals surface area contributed by atoms with E-state index in [0.717, 1.165) is 42.3 Å². The van der Waals surface area contributed by atoms with Crippen molar-refractivity contribution in [1.29, 1.82) is 0 Å². The monoisotopic (exact) mass is 312 g/mol. The minimum atomic E-state index is -0.135. The molecule has 0 aliphatic heterocycles. The van der Waals surface area contributed by atoms with Crippen LogP contribution in [0.2, 0.25) is 0 Å². The van der Waals surface area contributed by atoms with Crippen LogP contribution >= 0.6 is 0 Å². The van der Waals surface area contributed by atoms with Gasteiger partial charge in [0.25, 0.3) is 5.91 Å². The van der Waals surface area contributed by atoms with E-state index in [-0.39, 0.29) is 17.9 Å². The number of benzene rings is 1. The molecule has 1 fully saturated rings. The first kappa shape index (κ1) is 15.9. The lowest BCUT2D eigenvalue weighted by atomic mass is 9.74. The molecule has 1 aliphatic carbocycles. The maximum Gasteiger partial charge on any atom is 0.251 e. The molecule has 1 aliphatic rings. The Morgan fingerprint density at radius 3 is 2.74 bits per heavy atom. The zero-order chi connectivity index (χ0) is 16.3. The summed E-state index contributed by atoms with van der Waals surface area (Å²) in [5, 5.41) is 13.7. The van der Waals surface area contributed by atoms with Gasteiger partial charge in [-0.3, -0.25) is 9.78 Å². The van der Waals surface area contributed by atoms with Crippen molar-refractivity contribution in [3.05, 3.63) is 41.6 Å². The summed E-state index contributed by atoms with van der Waals surface area (Å²) < 4.78 is 0. The number of amides is 1. The highest BCUT2D eigenvalue weighted by molar-refractivity contribution is 5.97. The van der Waals surface area contributed by atoms with Gasteiger partial charge in [-0.1, -0.05) is 25.3 Å². The number of aliphatic hydroxyl groups is 1. The van der Waals surface area contributed by atoms with Crippen molar-refractivity contribution < 1.29 is 9.90 Å². The maximum atomic E-state index is 12.4. The van der Waals surface area contributed by atoms with Gasteiger partial charge in [0.1, 0.15) is 0 Å². The summed E-state index contributed by atoms with van der Waals surface area (Å²) in [6, 6.07) is 9.53. The fourth-order valence-electron chi connectivity index (χ4n) is 3.43. The van der Waals surface area contributed by atoms with E-state index in [9.17, 15) is 9.90 Å². The highest BCUT2D eigenvalue weighted by Crippen LogP contribution is 2.35. The third-order valence-electron chi connectivity index (χ3n) is 4.96. The van der Waals surface area contributed by atoms with E-state index in [0.29, 0.717) is 12.1 Å². The Labute approximate surface area is 136 Å². The van der Waals surface area contributed by atoms with E-state index in [1.807, 2.05) is 37.3 Å². The van der Waals surface area contributed by atoms with Gasteiger partial charge >= 0.3 is 0 Å². The van der Waals surface area contributed by atoms with Crippen molar-refractivity contribution in [3.63, 3.8) is 0 Å². The van der Waals surface area contributed by atoms with Crippen molar-refractivity contribution in [1.82, 2.24) is 10.3 Å². The highest BCUT2D eigenvalue weighted by atomic mass is 16.3. The van der Waals surface area contributed by atoms with Crippen LogP contribution in [0.25, 0.3) is 10.9 Å². The zero-order valence-electron chi connectivity index (χ0n) is 13.6. The topological polar surface area (TPSA) is 62.2 Å². The molecule has 4 heteroatoms. The van der Waals surface area contributed by atoms with Crippen LogP contribution in [0.3, 0.4) is 0 Å². The fourth-order valence-corrected chi connectivity index (χ4v) is 3.43. The normalized spacial score (nSPS) is 17.1. The Bertz CT molecular complexity index is 706. The quantitative estimate of drug-likeness (QED) is 0.911. The van der Waals surface area contributed by atoms with Crippen molar-refractivity contribution in [2.24, 2.45) is 5.41 Å². The number of hydrogen-bond donors (Lipinski definition) is 2. The SMILES string of the molecule is Cc1ccc2cc(C(=O)NCC3(CO)CCCCC3)ccc2n1. The van der Waals surface area contributed by atoms with E-state index in [4.69, 9.17) is 0 Å². The van der Waals surface area contributed by atoms with Crippen LogP contribution in [0.1, 0.15) is 48.2 Å². The Morgan fingerprint density at radius 2 is 2.00 bits per heavy atom. The molecular weight excluding hydrogens is 288 g/mol. The molecule has 0 bridgehead atoms. The van der Waals surface area contributed by atoms with Crippen molar-refractivity contribution in [3.8, 4) is 0 Å². The molecule has 23 heavy (non-hydrogen) atoms. The molecule has 0 saturated heterocycles. The lowest BCUT2D eigenvalue weighted by Crippen LogP contribution is -2.41. The second-order valence-corrected chi connectivity index (χ2v) is 6.76. The number of carbonyl (C=O) groups excluding carboxylic acids is 1. The van der Waals surface area contributed by atoms with Gasteiger partial charge in [-0.05, 0) is 44.0 Å². The number of aliphatic hydroxyl groups excluding tert-OH is 1. The van der Waals surface area contributed by atoms with Gasteiger partial charge in [-0.2, -0.15) is 0 Å². The summed E-state index contributed by atoms with van der Waals surface area (Å²) in [5.74, 6) is -0.0779. The molecule has 4 nitrogen and oxygen atoms in total. The highest BCUT2D eigenvalue weighted by Gasteiger charge is 2.31. The number of nitrogens with zero attached hydrogens (tertiary/aromatic N) is 1. The standard InChI is InChI=1S/C19H24N2O2/c1-14-5-6-15-11-16(7-8-17(15)21-14)18(23)20-12-19(13-22)9-3-2-4-10-19/h5-8,11,22H,2-4,9-10,12-13H2,1H3,(H,20,23). The van der Waals surface area contributed by atoms with E-state index in [1.54, 1.807) is 0 Å². The first-order chi connectivity index (χ1) is 11.1. The molecule has 1 heterocycles. The van der Waals surface area contributed by atoms with Gasteiger partial charge in [0.2, 0.25) is 0 Å². The third-order valence-corrected chi connectivity index (χ3v) is 4.96. The summed E-state index contributed by atoms with van der Waals surface area (Å²) in [4.78, 5) is 16.9. The molecule has 3 rings (SSSR count). The van der Waals surface area contributed by atoms with Gasteiger partial charge in [0.05, 0.1) is 12.1 Å². The van der Waals surface area contributed by atoms with Crippen molar-refractivity contribution in [2.75, 3.05) is 13.2 Å². The van der Waals surface area contributed by atoms with Crippen molar-refractivity contribution in [2.45, 2.75) is 39.0 Å². The molecule has 1 aromatic carbocycles. The van der Waals surface area contributed by atoms with Gasteiger partial charge < -0.3 is 10.4 Å². The first-order valence-electron chi connectivity index (χ1n) is 8.38. The van der Waals surface area contributed by atoms with Crippen molar-refractivity contribution >= 4 is 16.8 Å². The molecule has 1 amide bonds. The van der Waals surface area contributed by atoms with Crippen LogP contribution in [0, 0.1) is 12.3 Å². The number of aromatic nitrogens is 1. The maximum absolute atomic E-state index is 12.4. The lowest BCUT2D eigenvalue weighted by Gasteiger charge is -2.35. The molecule has 2 aromatic rings. The van der Waals surface area contributed by atoms with Gasteiger partial charge in [-0.15, -0.1) is 0 Å². The van der Waals surface area contributed by atoms with E-state index in [2.05, 4.69) is 10.3 Å². The number of rotatable bonds is 4. The smallest absolute Gasteiger partial charge is 0.251 e. The van der Waals surface area contributed by atoms with Gasteiger partial charge in [0, 0.05) is 28.6 Å². The second kappa shape index (κ2) is 6.67. The van der Waals surface area contributed by atoms with Crippen LogP contribution in [0.5, 0.6) is 0 Å². The van der Waals surface area contributed by atoms with E-state index < -0.39 is 0 Å². The molecule has 1 aromatic heterocycles. The molecule has 122 valence electrons. The zero-order valence-corrected chi connectivity index (χ0v) is 13.6. The first-order valence-corrected chi connectivity index (χ1v) is 8.38. The fraction of sp³-hybridized carbons (Fsp3) is 0.474. The Hall–Kier alpha value is -1.94. The van der Waals surface area contributed by atoms with Crippen LogP contribution in [-0.4, -0.2) is 29.1 Å². The minimum Gasteiger partial charge on any atom is -0.396 e. The largest absolute Gasteiger partial charge is 0.396 e. The summed E-state index contributed by atoms with van der Waals surface area (Å²) in [6.07, 6.45) is 5.48. The second-order valence-electron chi connectivity index (χ2n) is 6.76. The molecule has 1 saturated carbocycles. The Balaban J connectivity index is 1.71. The van der Waals surface area contributed by atoms with Gasteiger partial charge in [0.15, 0.2) is 0 Å². The molecule has 2 N–H and O–H groups in total. The minimum absolute atomic E-state index is 0.0779. The van der Waals surface area contributed by atoms with Crippen LogP contribution < -0.4 is 5.32 Å². The number of hydrogen-bond acceptors (Lipinski definition) is 3. The average molecular weight is 312 g/mol. The Kier molecular flexibility index (Phi) is 4.62. The van der Waals surface area contributed by atoms with Gasteiger partial charge in [-0.25, -0.2) is 0 Å². The summed E-state index contributed by atoms with van der Waals surface area (Å²) in [7, 11) is 0. The lowest BCUT2D eigenvalue weighted by molar-refractivity contribution is 0.0718. The van der Waals surface area contributed by atoms with E-state index in [1.165, 1.54) is 6.42 Å². The predicted molar refractivity (Wildman–Crippen MR) is 91.4 cm³/mol. The third kappa shape index (κ3) is 3.53. The number of nitrogens with one attached hydrogen (secondary N) is 1.